The van der Waals surface area contributed by atoms with Crippen molar-refractivity contribution in [2.45, 2.75) is 13.5 Å². The Balaban J connectivity index is 1.29. The first kappa shape index (κ1) is 24.0. The quantitative estimate of drug-likeness (QED) is 0.354. The lowest BCUT2D eigenvalue weighted by atomic mass is 10.1. The molecule has 1 aliphatic rings. The highest BCUT2D eigenvalue weighted by molar-refractivity contribution is 9.10. The molecule has 0 saturated carbocycles. The molecule has 1 aliphatic heterocycles. The van der Waals surface area contributed by atoms with Gasteiger partial charge < -0.3 is 9.64 Å². The second kappa shape index (κ2) is 11.3. The summed E-state index contributed by atoms with van der Waals surface area (Å²) >= 11 is 3.42. The zero-order valence-corrected chi connectivity index (χ0v) is 21.1. The van der Waals surface area contributed by atoms with E-state index < -0.39 is 0 Å². The Morgan fingerprint density at radius 3 is 2.26 bits per heavy atom. The number of piperazine rings is 1. The molecule has 0 unspecified atom stereocenters. The van der Waals surface area contributed by atoms with Crippen LogP contribution in [0.2, 0.25) is 0 Å². The number of amides is 1. The lowest BCUT2D eigenvalue weighted by molar-refractivity contribution is 0.0955. The first-order valence-electron chi connectivity index (χ1n) is 11.3. The molecule has 0 atom stereocenters. The molecule has 0 bridgehead atoms. The third kappa shape index (κ3) is 6.04. The van der Waals surface area contributed by atoms with Gasteiger partial charge in [-0.3, -0.25) is 9.69 Å². The summed E-state index contributed by atoms with van der Waals surface area (Å²) in [5.41, 5.74) is 7.31. The van der Waals surface area contributed by atoms with Crippen LogP contribution < -0.4 is 15.1 Å². The van der Waals surface area contributed by atoms with Gasteiger partial charge in [0.05, 0.1) is 18.5 Å². The molecule has 1 heterocycles. The molecule has 3 aromatic carbocycles. The second-order valence-corrected chi connectivity index (χ2v) is 9.19. The number of nitrogens with zero attached hydrogens (tertiary/aromatic N) is 3. The van der Waals surface area contributed by atoms with Crippen LogP contribution in [0.3, 0.4) is 0 Å². The van der Waals surface area contributed by atoms with Crippen molar-refractivity contribution in [3.63, 3.8) is 0 Å². The number of carbonyl (C=O) groups is 1. The van der Waals surface area contributed by atoms with E-state index in [9.17, 15) is 4.79 Å². The van der Waals surface area contributed by atoms with Gasteiger partial charge in [0.2, 0.25) is 0 Å². The standard InChI is InChI=1S/C27H29BrN4O2/c1-20(22-11-13-24(28)14-12-22)29-30-27(33)23-9-7-21(8-10-23)19-31-15-17-32(18-16-31)25-5-3-4-6-26(25)34-2/h3-14H,15-19H2,1-2H3,(H,30,33)/b29-20-. The number of methoxy groups -OCH3 is 1. The largest absolute Gasteiger partial charge is 0.495 e. The normalized spacial score (nSPS) is 14.7. The molecule has 1 amide bonds. The van der Waals surface area contributed by atoms with Crippen LogP contribution in [0.1, 0.15) is 28.4 Å². The number of hydrogen-bond donors (Lipinski definition) is 1. The van der Waals surface area contributed by atoms with Gasteiger partial charge in [-0.15, -0.1) is 0 Å². The summed E-state index contributed by atoms with van der Waals surface area (Å²) in [6.45, 7) is 6.60. The molecule has 0 radical (unpaired) electrons. The topological polar surface area (TPSA) is 57.2 Å². The van der Waals surface area contributed by atoms with Crippen molar-refractivity contribution in [2.75, 3.05) is 38.2 Å². The molecule has 0 aliphatic carbocycles. The van der Waals surface area contributed by atoms with Crippen LogP contribution in [0.4, 0.5) is 5.69 Å². The third-order valence-corrected chi connectivity index (χ3v) is 6.54. The van der Waals surface area contributed by atoms with Crippen molar-refractivity contribution < 1.29 is 9.53 Å². The average Bonchev–Trinajstić information content (AvgIpc) is 2.88. The molecule has 176 valence electrons. The van der Waals surface area contributed by atoms with Crippen LogP contribution in [0, 0.1) is 0 Å². The number of anilines is 1. The highest BCUT2D eigenvalue weighted by atomic mass is 79.9. The summed E-state index contributed by atoms with van der Waals surface area (Å²) in [5, 5.41) is 4.24. The number of hydrogen-bond acceptors (Lipinski definition) is 5. The fourth-order valence-corrected chi connectivity index (χ4v) is 4.28. The fourth-order valence-electron chi connectivity index (χ4n) is 4.01. The number of benzene rings is 3. The summed E-state index contributed by atoms with van der Waals surface area (Å²) in [6, 6.07) is 23.8. The summed E-state index contributed by atoms with van der Waals surface area (Å²) in [4.78, 5) is 17.3. The minimum Gasteiger partial charge on any atom is -0.495 e. The van der Waals surface area contributed by atoms with Crippen LogP contribution in [0.25, 0.3) is 0 Å². The Morgan fingerprint density at radius 2 is 1.59 bits per heavy atom. The summed E-state index contributed by atoms with van der Waals surface area (Å²) < 4.78 is 6.52. The van der Waals surface area contributed by atoms with Crippen LogP contribution in [-0.2, 0) is 6.54 Å². The Morgan fingerprint density at radius 1 is 0.941 bits per heavy atom. The Labute approximate surface area is 209 Å². The molecule has 1 saturated heterocycles. The first-order valence-corrected chi connectivity index (χ1v) is 12.1. The molecule has 3 aromatic rings. The molecule has 1 N–H and O–H groups in total. The predicted molar refractivity (Wildman–Crippen MR) is 141 cm³/mol. The van der Waals surface area contributed by atoms with E-state index >= 15 is 0 Å². The van der Waals surface area contributed by atoms with E-state index in [1.807, 2.05) is 67.6 Å². The minimum atomic E-state index is -0.214. The number of ether oxygens (including phenoxy) is 1. The van der Waals surface area contributed by atoms with Crippen LogP contribution in [0.5, 0.6) is 5.75 Å². The second-order valence-electron chi connectivity index (χ2n) is 8.28. The summed E-state index contributed by atoms with van der Waals surface area (Å²) in [7, 11) is 1.72. The molecule has 6 nitrogen and oxygen atoms in total. The lowest BCUT2D eigenvalue weighted by Gasteiger charge is -2.36. The summed E-state index contributed by atoms with van der Waals surface area (Å²) in [5.74, 6) is 0.703. The van der Waals surface area contributed by atoms with Gasteiger partial charge in [-0.1, -0.05) is 52.3 Å². The van der Waals surface area contributed by atoms with Crippen LogP contribution in [0.15, 0.2) is 82.4 Å². The maximum Gasteiger partial charge on any atom is 0.271 e. The number of rotatable bonds is 7. The Kier molecular flexibility index (Phi) is 7.98. The van der Waals surface area contributed by atoms with E-state index in [2.05, 4.69) is 48.4 Å². The molecular formula is C27H29BrN4O2. The van der Waals surface area contributed by atoms with Crippen LogP contribution >= 0.6 is 15.9 Å². The number of para-hydroxylation sites is 2. The number of hydrazone groups is 1. The van der Waals surface area contributed by atoms with Crippen molar-refractivity contribution in [1.82, 2.24) is 10.3 Å². The number of carbonyl (C=O) groups excluding carboxylic acids is 1. The molecule has 0 aromatic heterocycles. The van der Waals surface area contributed by atoms with E-state index in [-0.39, 0.29) is 5.91 Å². The SMILES string of the molecule is COc1ccccc1N1CCN(Cc2ccc(C(=O)N/N=C(/C)c3ccc(Br)cc3)cc2)CC1. The van der Waals surface area contributed by atoms with E-state index in [1.165, 1.54) is 5.56 Å². The highest BCUT2D eigenvalue weighted by Crippen LogP contribution is 2.28. The average molecular weight is 521 g/mol. The number of nitrogens with one attached hydrogen (secondary N) is 1. The minimum absolute atomic E-state index is 0.214. The molecule has 0 spiro atoms. The van der Waals surface area contributed by atoms with Crippen molar-refractivity contribution in [2.24, 2.45) is 5.10 Å². The van der Waals surface area contributed by atoms with E-state index in [0.717, 1.165) is 59.9 Å². The highest BCUT2D eigenvalue weighted by Gasteiger charge is 2.19. The van der Waals surface area contributed by atoms with Crippen LogP contribution in [-0.4, -0.2) is 49.8 Å². The van der Waals surface area contributed by atoms with Gasteiger partial charge in [-0.2, -0.15) is 5.10 Å². The predicted octanol–water partition coefficient (Wildman–Crippen LogP) is 4.93. The van der Waals surface area contributed by atoms with Crippen molar-refractivity contribution in [1.29, 1.82) is 0 Å². The molecule has 4 rings (SSSR count). The maximum atomic E-state index is 12.5. The van der Waals surface area contributed by atoms with E-state index in [1.54, 1.807) is 7.11 Å². The monoisotopic (exact) mass is 520 g/mol. The Hall–Kier alpha value is -3.16. The zero-order chi connectivity index (χ0) is 23.9. The van der Waals surface area contributed by atoms with E-state index in [0.29, 0.717) is 5.56 Å². The van der Waals surface area contributed by atoms with Gasteiger partial charge in [0.1, 0.15) is 5.75 Å². The Bertz CT molecular complexity index is 1140. The van der Waals surface area contributed by atoms with Gasteiger partial charge in [0.15, 0.2) is 0 Å². The maximum absolute atomic E-state index is 12.5. The fraction of sp³-hybridized carbons (Fsp3) is 0.259. The number of halogens is 1. The smallest absolute Gasteiger partial charge is 0.271 e. The molecule has 1 fully saturated rings. The molecular weight excluding hydrogens is 492 g/mol. The van der Waals surface area contributed by atoms with Crippen molar-refractivity contribution in [3.8, 4) is 5.75 Å². The summed E-state index contributed by atoms with van der Waals surface area (Å²) in [6.07, 6.45) is 0. The molecule has 34 heavy (non-hydrogen) atoms. The zero-order valence-electron chi connectivity index (χ0n) is 19.5. The third-order valence-electron chi connectivity index (χ3n) is 6.01. The van der Waals surface area contributed by atoms with E-state index in [4.69, 9.17) is 4.74 Å². The van der Waals surface area contributed by atoms with Gasteiger partial charge in [-0.25, -0.2) is 5.43 Å². The van der Waals surface area contributed by atoms with Gasteiger partial charge in [0.25, 0.3) is 5.91 Å². The van der Waals surface area contributed by atoms with Gasteiger partial charge in [-0.05, 0) is 54.4 Å². The lowest BCUT2D eigenvalue weighted by Crippen LogP contribution is -2.46. The van der Waals surface area contributed by atoms with Gasteiger partial charge >= 0.3 is 0 Å². The molecule has 7 heteroatoms. The first-order chi connectivity index (χ1) is 16.5. The van der Waals surface area contributed by atoms with Crippen molar-refractivity contribution in [3.05, 3.63) is 94.0 Å². The van der Waals surface area contributed by atoms with Gasteiger partial charge in [0, 0.05) is 42.8 Å². The van der Waals surface area contributed by atoms with Crippen molar-refractivity contribution >= 4 is 33.2 Å².